The average molecular weight is 337 g/mol. The van der Waals surface area contributed by atoms with Crippen LogP contribution in [0.15, 0.2) is 36.8 Å². The van der Waals surface area contributed by atoms with Crippen LogP contribution in [0.2, 0.25) is 0 Å². The lowest BCUT2D eigenvalue weighted by Crippen LogP contribution is -2.22. The monoisotopic (exact) mass is 337 g/mol. The fourth-order valence-corrected chi connectivity index (χ4v) is 2.89. The molecule has 0 fully saturated rings. The molecule has 0 radical (unpaired) electrons. The molecule has 0 bridgehead atoms. The predicted molar refractivity (Wildman–Crippen MR) is 89.7 cm³/mol. The molecule has 3 aromatic rings. The summed E-state index contributed by atoms with van der Waals surface area (Å²) in [5.74, 6) is 0.378. The first-order valence-electron chi connectivity index (χ1n) is 7.60. The summed E-state index contributed by atoms with van der Waals surface area (Å²) >= 11 is 0. The number of methoxy groups -OCH3 is 2. The molecule has 1 aliphatic heterocycles. The summed E-state index contributed by atoms with van der Waals surface area (Å²) in [7, 11) is 3.04. The Balaban J connectivity index is 1.72. The van der Waals surface area contributed by atoms with E-state index in [-0.39, 0.29) is 11.9 Å². The highest BCUT2D eigenvalue weighted by Gasteiger charge is 2.29. The number of amides is 1. The number of rotatable bonds is 4. The van der Waals surface area contributed by atoms with E-state index in [0.717, 1.165) is 22.4 Å². The van der Waals surface area contributed by atoms with Crippen LogP contribution in [0.3, 0.4) is 0 Å². The Morgan fingerprint density at radius 3 is 2.76 bits per heavy atom. The highest BCUT2D eigenvalue weighted by atomic mass is 16.5. The van der Waals surface area contributed by atoms with Gasteiger partial charge in [0.25, 0.3) is 5.91 Å². The number of nitrogens with zero attached hydrogens (tertiary/aromatic N) is 4. The zero-order valence-corrected chi connectivity index (χ0v) is 13.7. The maximum Gasteiger partial charge on any atom is 0.319 e. The average Bonchev–Trinajstić information content (AvgIpc) is 3.29. The fourth-order valence-electron chi connectivity index (χ4n) is 2.89. The second-order valence-electron chi connectivity index (χ2n) is 5.50. The Bertz CT molecular complexity index is 939. The van der Waals surface area contributed by atoms with E-state index < -0.39 is 0 Å². The molecule has 1 aromatic carbocycles. The molecule has 4 rings (SSSR count). The minimum absolute atomic E-state index is 0.0408. The number of nitrogens with one attached hydrogen (secondary N) is 1. The summed E-state index contributed by atoms with van der Waals surface area (Å²) in [5, 5.41) is 6.63. The van der Waals surface area contributed by atoms with E-state index in [1.165, 1.54) is 7.11 Å². The molecule has 0 atom stereocenters. The molecular formula is C17H15N5O3. The molecule has 126 valence electrons. The Morgan fingerprint density at radius 2 is 2.04 bits per heavy atom. The Hall–Kier alpha value is -3.42. The van der Waals surface area contributed by atoms with E-state index in [0.29, 0.717) is 18.0 Å². The lowest BCUT2D eigenvalue weighted by atomic mass is 10.0. The molecule has 8 nitrogen and oxygen atoms in total. The van der Waals surface area contributed by atoms with Crippen LogP contribution in [-0.2, 0) is 6.54 Å². The quantitative estimate of drug-likeness (QED) is 0.783. The van der Waals surface area contributed by atoms with Gasteiger partial charge in [-0.2, -0.15) is 10.1 Å². The maximum absolute atomic E-state index is 12.6. The van der Waals surface area contributed by atoms with Gasteiger partial charge in [0.1, 0.15) is 0 Å². The van der Waals surface area contributed by atoms with Gasteiger partial charge < -0.3 is 14.4 Å². The zero-order valence-electron chi connectivity index (χ0n) is 13.7. The first-order chi connectivity index (χ1) is 12.2. The van der Waals surface area contributed by atoms with E-state index in [1.807, 2.05) is 18.2 Å². The fraction of sp³-hybridized carbons (Fsp3) is 0.176. The number of fused-ring (bicyclic) bond motifs is 1. The summed E-state index contributed by atoms with van der Waals surface area (Å²) in [6.45, 7) is 0.487. The number of ether oxygens (including phenoxy) is 2. The van der Waals surface area contributed by atoms with Crippen molar-refractivity contribution in [3.63, 3.8) is 0 Å². The molecule has 1 N–H and O–H groups in total. The van der Waals surface area contributed by atoms with E-state index >= 15 is 0 Å². The summed E-state index contributed by atoms with van der Waals surface area (Å²) in [5.41, 5.74) is 3.97. The molecule has 1 amide bonds. The summed E-state index contributed by atoms with van der Waals surface area (Å²) in [6, 6.07) is 5.88. The van der Waals surface area contributed by atoms with Crippen LogP contribution in [0.25, 0.3) is 11.1 Å². The largest absolute Gasteiger partial charge is 0.480 e. The van der Waals surface area contributed by atoms with Crippen LogP contribution < -0.4 is 14.4 Å². The molecular weight excluding hydrogens is 322 g/mol. The van der Waals surface area contributed by atoms with Gasteiger partial charge in [0.2, 0.25) is 5.88 Å². The van der Waals surface area contributed by atoms with Gasteiger partial charge in [-0.15, -0.1) is 0 Å². The normalized spacial score (nSPS) is 13.0. The Labute approximate surface area is 143 Å². The van der Waals surface area contributed by atoms with Crippen molar-refractivity contribution in [3.05, 3.63) is 47.9 Å². The third-order valence-electron chi connectivity index (χ3n) is 4.12. The minimum Gasteiger partial charge on any atom is -0.480 e. The smallest absolute Gasteiger partial charge is 0.319 e. The van der Waals surface area contributed by atoms with Crippen molar-refractivity contribution < 1.29 is 14.3 Å². The highest BCUT2D eigenvalue weighted by molar-refractivity contribution is 6.10. The lowest BCUT2D eigenvalue weighted by Gasteiger charge is -2.11. The van der Waals surface area contributed by atoms with Crippen molar-refractivity contribution in [2.45, 2.75) is 6.54 Å². The van der Waals surface area contributed by atoms with Gasteiger partial charge in [0.15, 0.2) is 0 Å². The predicted octanol–water partition coefficient (Wildman–Crippen LogP) is 2.04. The Morgan fingerprint density at radius 1 is 1.16 bits per heavy atom. The second kappa shape index (κ2) is 5.90. The van der Waals surface area contributed by atoms with Crippen LogP contribution in [-0.4, -0.2) is 40.3 Å². The van der Waals surface area contributed by atoms with Gasteiger partial charge in [0.05, 0.1) is 38.2 Å². The zero-order chi connectivity index (χ0) is 17.4. The number of aromatic amines is 1. The topological polar surface area (TPSA) is 93.2 Å². The van der Waals surface area contributed by atoms with Crippen LogP contribution in [0.5, 0.6) is 11.9 Å². The first-order valence-corrected chi connectivity index (χ1v) is 7.60. The molecule has 0 aliphatic carbocycles. The SMILES string of the molecule is COc1ncc(-c2ccc3c(c2)CN(c2cn[nH]c2)C3=O)c(OC)n1. The molecule has 25 heavy (non-hydrogen) atoms. The van der Waals surface area contributed by atoms with Crippen molar-refractivity contribution >= 4 is 11.6 Å². The van der Waals surface area contributed by atoms with E-state index in [2.05, 4.69) is 20.2 Å². The van der Waals surface area contributed by atoms with Crippen LogP contribution in [0.1, 0.15) is 15.9 Å². The van der Waals surface area contributed by atoms with Gasteiger partial charge in [-0.25, -0.2) is 4.98 Å². The van der Waals surface area contributed by atoms with Crippen molar-refractivity contribution in [1.82, 2.24) is 20.2 Å². The third kappa shape index (κ3) is 2.47. The van der Waals surface area contributed by atoms with Crippen molar-refractivity contribution in [1.29, 1.82) is 0 Å². The summed E-state index contributed by atoms with van der Waals surface area (Å²) < 4.78 is 10.4. The molecule has 0 saturated heterocycles. The van der Waals surface area contributed by atoms with E-state index in [9.17, 15) is 4.79 Å². The van der Waals surface area contributed by atoms with Gasteiger partial charge in [-0.3, -0.25) is 9.89 Å². The number of carbonyl (C=O) groups is 1. The van der Waals surface area contributed by atoms with Crippen LogP contribution in [0, 0.1) is 0 Å². The summed E-state index contributed by atoms with van der Waals surface area (Å²) in [4.78, 5) is 22.6. The van der Waals surface area contributed by atoms with Crippen LogP contribution in [0.4, 0.5) is 5.69 Å². The summed E-state index contributed by atoms with van der Waals surface area (Å²) in [6.07, 6.45) is 4.98. The number of hydrogen-bond donors (Lipinski definition) is 1. The third-order valence-corrected chi connectivity index (χ3v) is 4.12. The minimum atomic E-state index is -0.0408. The highest BCUT2D eigenvalue weighted by Crippen LogP contribution is 2.34. The molecule has 3 heterocycles. The van der Waals surface area contributed by atoms with Crippen LogP contribution >= 0.6 is 0 Å². The second-order valence-corrected chi connectivity index (χ2v) is 5.50. The number of hydrogen-bond acceptors (Lipinski definition) is 6. The lowest BCUT2D eigenvalue weighted by molar-refractivity contribution is 0.0996. The standard InChI is InChI=1S/C17H15N5O3/c1-24-15-14(8-18-17(21-15)25-2)10-3-4-13-11(5-10)9-22(16(13)23)12-6-19-20-7-12/h3-8H,9H2,1-2H3,(H,19,20). The van der Waals surface area contributed by atoms with Gasteiger partial charge >= 0.3 is 6.01 Å². The maximum atomic E-state index is 12.6. The van der Waals surface area contributed by atoms with E-state index in [1.54, 1.807) is 30.6 Å². The molecule has 0 saturated carbocycles. The molecule has 8 heteroatoms. The molecule has 0 unspecified atom stereocenters. The number of H-pyrrole nitrogens is 1. The number of carbonyl (C=O) groups excluding carboxylic acids is 1. The molecule has 2 aromatic heterocycles. The molecule has 1 aliphatic rings. The van der Waals surface area contributed by atoms with Gasteiger partial charge in [0, 0.05) is 18.0 Å². The number of aromatic nitrogens is 4. The van der Waals surface area contributed by atoms with Gasteiger partial charge in [-0.05, 0) is 23.3 Å². The van der Waals surface area contributed by atoms with Gasteiger partial charge in [-0.1, -0.05) is 6.07 Å². The van der Waals surface area contributed by atoms with Crippen molar-refractivity contribution in [2.75, 3.05) is 19.1 Å². The molecule has 0 spiro atoms. The first kappa shape index (κ1) is 15.1. The van der Waals surface area contributed by atoms with E-state index in [4.69, 9.17) is 9.47 Å². The van der Waals surface area contributed by atoms with Crippen molar-refractivity contribution in [2.24, 2.45) is 0 Å². The van der Waals surface area contributed by atoms with Crippen molar-refractivity contribution in [3.8, 4) is 23.0 Å². The Kier molecular flexibility index (Phi) is 3.57. The number of anilines is 1. The number of benzene rings is 1.